The van der Waals surface area contributed by atoms with Gasteiger partial charge in [0.2, 0.25) is 5.00 Å². The van der Waals surface area contributed by atoms with Gasteiger partial charge in [-0.2, -0.15) is 11.3 Å². The lowest BCUT2D eigenvalue weighted by atomic mass is 9.80. The number of piperidine rings is 1. The molecule has 6 rings (SSSR count). The van der Waals surface area contributed by atoms with E-state index in [0.29, 0.717) is 64.2 Å². The number of ether oxygens (including phenoxy) is 1. The average Bonchev–Trinajstić information content (AvgIpc) is 3.63. The first-order valence-electron chi connectivity index (χ1n) is 14.1. The Morgan fingerprint density at radius 1 is 1.05 bits per heavy atom. The Hall–Kier alpha value is -4.46. The highest BCUT2D eigenvalue weighted by Gasteiger charge is 2.38. The number of hydrogen-bond donors (Lipinski definition) is 0. The van der Waals surface area contributed by atoms with E-state index < -0.39 is 21.3 Å². The lowest BCUT2D eigenvalue weighted by Crippen LogP contribution is -2.43. The van der Waals surface area contributed by atoms with Crippen molar-refractivity contribution in [2.24, 2.45) is 5.41 Å². The first-order valence-corrected chi connectivity index (χ1v) is 16.4. The average molecular weight is 628 g/mol. The van der Waals surface area contributed by atoms with Gasteiger partial charge in [0.15, 0.2) is 0 Å². The topological polar surface area (TPSA) is 73.0 Å². The van der Waals surface area contributed by atoms with Gasteiger partial charge in [-0.3, -0.25) is 4.79 Å². The number of thiophene rings is 1. The minimum atomic E-state index is -4.17. The molecule has 1 saturated heterocycles. The molecular formula is C34H30FN3O4S2. The van der Waals surface area contributed by atoms with Crippen molar-refractivity contribution < 1.29 is 22.3 Å². The molecule has 1 fully saturated rings. The number of halogens is 1. The van der Waals surface area contributed by atoms with E-state index in [1.54, 1.807) is 35.7 Å². The Labute approximate surface area is 260 Å². The Kier molecular flexibility index (Phi) is 7.56. The van der Waals surface area contributed by atoms with Crippen molar-refractivity contribution >= 4 is 48.9 Å². The molecule has 224 valence electrons. The third-order valence-electron chi connectivity index (χ3n) is 8.49. The highest BCUT2D eigenvalue weighted by atomic mass is 32.2. The summed E-state index contributed by atoms with van der Waals surface area (Å²) >= 11 is 1.25. The second-order valence-corrected chi connectivity index (χ2v) is 14.0. The first-order chi connectivity index (χ1) is 21.1. The van der Waals surface area contributed by atoms with E-state index in [-0.39, 0.29) is 10.9 Å². The SMILES string of the molecule is [C-]#[N+]c1sccc1-c1c(-c2cccc(N3CCC(C)(C(=O)OC)CC3)c2)n(S(=O)(=O)c2ccc(C)cc2)c2ccc(F)cc12. The molecule has 3 aromatic carbocycles. The molecule has 5 aromatic rings. The van der Waals surface area contributed by atoms with E-state index in [1.807, 2.05) is 38.1 Å². The number of rotatable bonds is 6. The van der Waals surface area contributed by atoms with Crippen LogP contribution in [0.25, 0.3) is 38.1 Å². The highest BCUT2D eigenvalue weighted by Crippen LogP contribution is 2.48. The Bertz CT molecular complexity index is 2050. The van der Waals surface area contributed by atoms with Gasteiger partial charge in [-0.1, -0.05) is 35.9 Å². The van der Waals surface area contributed by atoms with Crippen LogP contribution in [0.15, 0.2) is 83.1 Å². The van der Waals surface area contributed by atoms with Gasteiger partial charge in [-0.05, 0) is 74.5 Å². The quantitative estimate of drug-likeness (QED) is 0.141. The minimum absolute atomic E-state index is 0.0992. The van der Waals surface area contributed by atoms with Crippen molar-refractivity contribution in [3.05, 3.63) is 101 Å². The molecule has 0 amide bonds. The first kappa shape index (κ1) is 29.6. The van der Waals surface area contributed by atoms with E-state index in [9.17, 15) is 17.6 Å². The van der Waals surface area contributed by atoms with Crippen molar-refractivity contribution in [3.63, 3.8) is 0 Å². The summed E-state index contributed by atoms with van der Waals surface area (Å²) in [6.45, 7) is 12.8. The predicted octanol–water partition coefficient (Wildman–Crippen LogP) is 8.05. The van der Waals surface area contributed by atoms with Gasteiger partial charge >= 0.3 is 5.97 Å². The molecule has 0 unspecified atom stereocenters. The Morgan fingerprint density at radius 2 is 1.77 bits per heavy atom. The molecule has 3 heterocycles. The maximum atomic E-state index is 14.8. The van der Waals surface area contributed by atoms with E-state index in [0.717, 1.165) is 11.3 Å². The number of aromatic nitrogens is 1. The zero-order valence-corrected chi connectivity index (χ0v) is 26.1. The number of hydrogen-bond acceptors (Lipinski definition) is 6. The number of fused-ring (bicyclic) bond motifs is 1. The molecule has 0 spiro atoms. The third kappa shape index (κ3) is 4.96. The van der Waals surface area contributed by atoms with Crippen molar-refractivity contribution in [3.8, 4) is 22.4 Å². The van der Waals surface area contributed by atoms with Crippen molar-refractivity contribution in [1.29, 1.82) is 0 Å². The number of carbonyl (C=O) groups excluding carboxylic acids is 1. The van der Waals surface area contributed by atoms with E-state index >= 15 is 0 Å². The van der Waals surface area contributed by atoms with Gasteiger partial charge in [0, 0.05) is 40.9 Å². The van der Waals surface area contributed by atoms with Gasteiger partial charge in [0.25, 0.3) is 10.0 Å². The molecule has 7 nitrogen and oxygen atoms in total. The van der Waals surface area contributed by atoms with Gasteiger partial charge < -0.3 is 9.64 Å². The Balaban J connectivity index is 1.60. The number of esters is 1. The minimum Gasteiger partial charge on any atom is -0.469 e. The summed E-state index contributed by atoms with van der Waals surface area (Å²) in [5.74, 6) is -0.731. The molecule has 0 atom stereocenters. The number of aryl methyl sites for hydroxylation is 1. The van der Waals surface area contributed by atoms with Crippen LogP contribution in [0, 0.1) is 24.7 Å². The molecule has 0 aliphatic carbocycles. The normalized spacial score (nSPS) is 14.8. The van der Waals surface area contributed by atoms with Crippen LogP contribution in [0.4, 0.5) is 15.1 Å². The summed E-state index contributed by atoms with van der Waals surface area (Å²) < 4.78 is 50.1. The molecule has 0 N–H and O–H groups in total. The van der Waals surface area contributed by atoms with Crippen LogP contribution >= 0.6 is 11.3 Å². The maximum absolute atomic E-state index is 14.8. The number of carbonyl (C=O) groups is 1. The summed E-state index contributed by atoms with van der Waals surface area (Å²) in [5, 5.41) is 2.57. The summed E-state index contributed by atoms with van der Waals surface area (Å²) in [6.07, 6.45) is 1.22. The standard InChI is InChI=1S/C34H30FN3O4S2/c1-22-8-11-26(12-9-22)44(40,41)38-29-13-10-24(35)21-28(29)30(27-14-19-43-32(27)36-3)31(38)23-6-5-7-25(20-23)37-17-15-34(2,16-18-37)33(39)42-4/h5-14,19-21H,15-18H2,1-2,4H3. The highest BCUT2D eigenvalue weighted by molar-refractivity contribution is 7.90. The van der Waals surface area contributed by atoms with Crippen molar-refractivity contribution in [1.82, 2.24) is 3.97 Å². The molecule has 44 heavy (non-hydrogen) atoms. The van der Waals surface area contributed by atoms with Crippen LogP contribution in [-0.2, 0) is 19.6 Å². The second kappa shape index (κ2) is 11.2. The molecule has 0 bridgehead atoms. The summed E-state index contributed by atoms with van der Waals surface area (Å²) in [7, 11) is -2.77. The number of nitrogens with zero attached hydrogens (tertiary/aromatic N) is 3. The Morgan fingerprint density at radius 3 is 2.45 bits per heavy atom. The predicted molar refractivity (Wildman–Crippen MR) is 172 cm³/mol. The van der Waals surface area contributed by atoms with E-state index in [1.165, 1.54) is 40.6 Å². The molecule has 1 aliphatic rings. The third-order valence-corrected chi connectivity index (χ3v) is 11.0. The largest absolute Gasteiger partial charge is 0.469 e. The molecule has 0 radical (unpaired) electrons. The molecule has 0 saturated carbocycles. The van der Waals surface area contributed by atoms with Crippen LogP contribution in [0.2, 0.25) is 0 Å². The van der Waals surface area contributed by atoms with Crippen LogP contribution in [0.3, 0.4) is 0 Å². The summed E-state index contributed by atoms with van der Waals surface area (Å²) in [6, 6.07) is 20.1. The molecule has 1 aliphatic heterocycles. The molecule has 2 aromatic heterocycles. The van der Waals surface area contributed by atoms with Crippen LogP contribution in [0.5, 0.6) is 0 Å². The van der Waals surface area contributed by atoms with Crippen molar-refractivity contribution in [2.45, 2.75) is 31.6 Å². The lowest BCUT2D eigenvalue weighted by Gasteiger charge is -2.38. The molecule has 10 heteroatoms. The monoisotopic (exact) mass is 627 g/mol. The van der Waals surface area contributed by atoms with Crippen LogP contribution < -0.4 is 4.90 Å². The summed E-state index contributed by atoms with van der Waals surface area (Å²) in [4.78, 5) is 18.4. The second-order valence-electron chi connectivity index (χ2n) is 11.3. The fourth-order valence-electron chi connectivity index (χ4n) is 5.97. The zero-order valence-electron chi connectivity index (χ0n) is 24.5. The fourth-order valence-corrected chi connectivity index (χ4v) is 8.20. The lowest BCUT2D eigenvalue weighted by molar-refractivity contribution is -0.152. The van der Waals surface area contributed by atoms with Gasteiger partial charge in [-0.15, -0.1) is 0 Å². The van der Waals surface area contributed by atoms with Gasteiger partial charge in [-0.25, -0.2) is 21.6 Å². The number of anilines is 1. The van der Waals surface area contributed by atoms with Gasteiger partial charge in [0.05, 0.1) is 35.2 Å². The smallest absolute Gasteiger partial charge is 0.311 e. The fraction of sp³-hybridized carbons (Fsp3) is 0.235. The number of methoxy groups -OCH3 is 1. The van der Waals surface area contributed by atoms with Crippen LogP contribution in [-0.4, -0.2) is 38.6 Å². The zero-order chi connectivity index (χ0) is 31.2. The van der Waals surface area contributed by atoms with E-state index in [4.69, 9.17) is 11.3 Å². The maximum Gasteiger partial charge on any atom is 0.311 e. The summed E-state index contributed by atoms with van der Waals surface area (Å²) in [5.41, 5.74) is 3.53. The van der Waals surface area contributed by atoms with Gasteiger partial charge in [0.1, 0.15) is 5.82 Å². The molecular weight excluding hydrogens is 598 g/mol. The van der Waals surface area contributed by atoms with Crippen molar-refractivity contribution in [2.75, 3.05) is 25.1 Å². The van der Waals surface area contributed by atoms with Crippen LogP contribution in [0.1, 0.15) is 25.3 Å². The number of benzene rings is 3. The van der Waals surface area contributed by atoms with E-state index in [2.05, 4.69) is 9.74 Å².